The van der Waals surface area contributed by atoms with E-state index in [1.165, 1.54) is 11.3 Å². The third-order valence-corrected chi connectivity index (χ3v) is 4.34. The second-order valence-electron chi connectivity index (χ2n) is 5.31. The van der Waals surface area contributed by atoms with E-state index in [2.05, 4.69) is 17.3 Å². The standard InChI is InChI=1S/C13H21N3OS/c1-8(2)12(17)13-10(14)6-11(18-13)15-9-4-5-16(3)7-9/h6,8-9,15H,4-5,7,14H2,1-3H3. The fourth-order valence-corrected chi connectivity index (χ4v) is 3.33. The van der Waals surface area contributed by atoms with Crippen molar-refractivity contribution >= 4 is 27.8 Å². The Hall–Kier alpha value is -1.07. The Kier molecular flexibility index (Phi) is 3.92. The van der Waals surface area contributed by atoms with Crippen molar-refractivity contribution in [3.63, 3.8) is 0 Å². The average molecular weight is 267 g/mol. The molecule has 4 nitrogen and oxygen atoms in total. The number of likely N-dealkylation sites (tertiary alicyclic amines) is 1. The zero-order valence-electron chi connectivity index (χ0n) is 11.2. The Morgan fingerprint density at radius 1 is 1.61 bits per heavy atom. The molecule has 1 saturated heterocycles. The lowest BCUT2D eigenvalue weighted by atomic mass is 10.1. The number of nitrogen functional groups attached to an aromatic ring is 1. The zero-order chi connectivity index (χ0) is 13.3. The molecule has 2 rings (SSSR count). The minimum atomic E-state index is -0.00332. The first-order valence-corrected chi connectivity index (χ1v) is 7.17. The van der Waals surface area contributed by atoms with E-state index in [0.29, 0.717) is 16.6 Å². The Morgan fingerprint density at radius 3 is 2.89 bits per heavy atom. The normalized spacial score (nSPS) is 20.6. The minimum Gasteiger partial charge on any atom is -0.397 e. The van der Waals surface area contributed by atoms with Gasteiger partial charge in [0, 0.05) is 18.5 Å². The number of carbonyl (C=O) groups excluding carboxylic acids is 1. The largest absolute Gasteiger partial charge is 0.397 e. The van der Waals surface area contributed by atoms with Gasteiger partial charge in [-0.15, -0.1) is 11.3 Å². The van der Waals surface area contributed by atoms with Crippen molar-refractivity contribution < 1.29 is 4.79 Å². The molecule has 0 saturated carbocycles. The smallest absolute Gasteiger partial charge is 0.177 e. The summed E-state index contributed by atoms with van der Waals surface area (Å²) in [4.78, 5) is 15.0. The number of nitrogens with two attached hydrogens (primary N) is 1. The van der Waals surface area contributed by atoms with Crippen molar-refractivity contribution in [2.24, 2.45) is 5.92 Å². The number of likely N-dealkylation sites (N-methyl/N-ethyl adjacent to an activating group) is 1. The van der Waals surface area contributed by atoms with E-state index in [0.717, 1.165) is 24.5 Å². The lowest BCUT2D eigenvalue weighted by Crippen LogP contribution is -2.22. The molecule has 3 N–H and O–H groups in total. The lowest BCUT2D eigenvalue weighted by Gasteiger charge is -2.11. The fourth-order valence-electron chi connectivity index (χ4n) is 2.19. The van der Waals surface area contributed by atoms with Gasteiger partial charge in [0.05, 0.1) is 15.6 Å². The highest BCUT2D eigenvalue weighted by molar-refractivity contribution is 7.18. The van der Waals surface area contributed by atoms with E-state index in [9.17, 15) is 4.79 Å². The molecule has 5 heteroatoms. The maximum absolute atomic E-state index is 12.0. The van der Waals surface area contributed by atoms with Gasteiger partial charge in [-0.1, -0.05) is 13.8 Å². The summed E-state index contributed by atoms with van der Waals surface area (Å²) in [5.74, 6) is 0.130. The minimum absolute atomic E-state index is 0.00332. The third kappa shape index (κ3) is 2.84. The molecular weight excluding hydrogens is 246 g/mol. The van der Waals surface area contributed by atoms with Crippen molar-refractivity contribution in [3.05, 3.63) is 10.9 Å². The van der Waals surface area contributed by atoms with Crippen LogP contribution in [0.25, 0.3) is 0 Å². The predicted molar refractivity (Wildman–Crippen MR) is 77.4 cm³/mol. The average Bonchev–Trinajstić information content (AvgIpc) is 2.85. The summed E-state index contributed by atoms with van der Waals surface area (Å²) in [6, 6.07) is 2.36. The molecule has 1 aliphatic heterocycles. The van der Waals surface area contributed by atoms with Crippen LogP contribution in [0.3, 0.4) is 0 Å². The van der Waals surface area contributed by atoms with Crippen molar-refractivity contribution in [2.75, 3.05) is 31.2 Å². The molecule has 0 amide bonds. The van der Waals surface area contributed by atoms with E-state index in [1.54, 1.807) is 0 Å². The summed E-state index contributed by atoms with van der Waals surface area (Å²) in [5, 5.41) is 4.48. The molecule has 0 aromatic carbocycles. The molecule has 0 bridgehead atoms. The molecule has 0 spiro atoms. The van der Waals surface area contributed by atoms with Crippen LogP contribution in [-0.4, -0.2) is 36.9 Å². The summed E-state index contributed by atoms with van der Waals surface area (Å²) in [7, 11) is 2.12. The molecule has 1 fully saturated rings. The Labute approximate surface area is 112 Å². The summed E-state index contributed by atoms with van der Waals surface area (Å²) < 4.78 is 0. The molecule has 1 aromatic rings. The summed E-state index contributed by atoms with van der Waals surface area (Å²) in [6.07, 6.45) is 1.14. The number of hydrogen-bond donors (Lipinski definition) is 2. The van der Waals surface area contributed by atoms with Gasteiger partial charge in [-0.05, 0) is 26.1 Å². The first kappa shape index (κ1) is 13.4. The van der Waals surface area contributed by atoms with Crippen molar-refractivity contribution in [1.82, 2.24) is 4.90 Å². The van der Waals surface area contributed by atoms with Gasteiger partial charge in [0.25, 0.3) is 0 Å². The van der Waals surface area contributed by atoms with E-state index in [1.807, 2.05) is 19.9 Å². The lowest BCUT2D eigenvalue weighted by molar-refractivity contribution is 0.0944. The van der Waals surface area contributed by atoms with Crippen molar-refractivity contribution in [1.29, 1.82) is 0 Å². The molecule has 0 radical (unpaired) electrons. The van der Waals surface area contributed by atoms with Gasteiger partial charge in [-0.3, -0.25) is 4.79 Å². The number of hydrogen-bond acceptors (Lipinski definition) is 5. The molecule has 100 valence electrons. The quantitative estimate of drug-likeness (QED) is 0.822. The number of nitrogens with one attached hydrogen (secondary N) is 1. The fraction of sp³-hybridized carbons (Fsp3) is 0.615. The van der Waals surface area contributed by atoms with E-state index in [-0.39, 0.29) is 11.7 Å². The highest BCUT2D eigenvalue weighted by Gasteiger charge is 2.22. The topological polar surface area (TPSA) is 58.4 Å². The predicted octanol–water partition coefficient (Wildman–Crippen LogP) is 2.29. The SMILES string of the molecule is CC(C)C(=O)c1sc(NC2CCN(C)C2)cc1N. The number of carbonyl (C=O) groups is 1. The zero-order valence-corrected chi connectivity index (χ0v) is 12.0. The van der Waals surface area contributed by atoms with Gasteiger partial charge in [0.2, 0.25) is 0 Å². The highest BCUT2D eigenvalue weighted by Crippen LogP contribution is 2.32. The number of thiophene rings is 1. The van der Waals surface area contributed by atoms with Crippen molar-refractivity contribution in [3.8, 4) is 0 Å². The molecule has 1 atom stereocenters. The van der Waals surface area contributed by atoms with Gasteiger partial charge in [-0.2, -0.15) is 0 Å². The third-order valence-electron chi connectivity index (χ3n) is 3.25. The van der Waals surface area contributed by atoms with E-state index < -0.39 is 0 Å². The Balaban J connectivity index is 2.07. The van der Waals surface area contributed by atoms with Crippen LogP contribution >= 0.6 is 11.3 Å². The van der Waals surface area contributed by atoms with Gasteiger partial charge in [0.15, 0.2) is 5.78 Å². The number of Topliss-reactive ketones (excluding diaryl/α,β-unsaturated/α-hetero) is 1. The summed E-state index contributed by atoms with van der Waals surface area (Å²) in [5.41, 5.74) is 6.53. The first-order chi connectivity index (χ1) is 8.47. The molecular formula is C13H21N3OS. The summed E-state index contributed by atoms with van der Waals surface area (Å²) >= 11 is 1.48. The highest BCUT2D eigenvalue weighted by atomic mass is 32.1. The van der Waals surface area contributed by atoms with Crippen LogP contribution in [0.15, 0.2) is 6.07 Å². The first-order valence-electron chi connectivity index (χ1n) is 6.36. The molecule has 0 aliphatic carbocycles. The van der Waals surface area contributed by atoms with Crippen molar-refractivity contribution in [2.45, 2.75) is 26.3 Å². The van der Waals surface area contributed by atoms with Gasteiger partial charge in [0.1, 0.15) is 0 Å². The Bertz CT molecular complexity index is 441. The van der Waals surface area contributed by atoms with Crippen LogP contribution in [0.2, 0.25) is 0 Å². The second-order valence-corrected chi connectivity index (χ2v) is 6.36. The van der Waals surface area contributed by atoms with Crippen LogP contribution in [-0.2, 0) is 0 Å². The van der Waals surface area contributed by atoms with Crippen LogP contribution < -0.4 is 11.1 Å². The number of nitrogens with zero attached hydrogens (tertiary/aromatic N) is 1. The molecule has 18 heavy (non-hydrogen) atoms. The summed E-state index contributed by atoms with van der Waals surface area (Å²) in [6.45, 7) is 5.97. The Morgan fingerprint density at radius 2 is 2.33 bits per heavy atom. The van der Waals surface area contributed by atoms with Gasteiger partial charge >= 0.3 is 0 Å². The van der Waals surface area contributed by atoms with Crippen LogP contribution in [0.1, 0.15) is 29.9 Å². The second kappa shape index (κ2) is 5.28. The molecule has 1 aromatic heterocycles. The molecule has 1 aliphatic rings. The van der Waals surface area contributed by atoms with Crippen LogP contribution in [0.4, 0.5) is 10.7 Å². The molecule has 2 heterocycles. The van der Waals surface area contributed by atoms with Gasteiger partial charge in [-0.25, -0.2) is 0 Å². The van der Waals surface area contributed by atoms with Crippen LogP contribution in [0.5, 0.6) is 0 Å². The molecule has 1 unspecified atom stereocenters. The number of anilines is 2. The van der Waals surface area contributed by atoms with E-state index >= 15 is 0 Å². The monoisotopic (exact) mass is 267 g/mol. The van der Waals surface area contributed by atoms with Gasteiger partial charge < -0.3 is 16.0 Å². The number of ketones is 1. The maximum Gasteiger partial charge on any atom is 0.177 e. The van der Waals surface area contributed by atoms with Crippen LogP contribution in [0, 0.1) is 5.92 Å². The number of rotatable bonds is 4. The maximum atomic E-state index is 12.0. The van der Waals surface area contributed by atoms with E-state index in [4.69, 9.17) is 5.73 Å².